The molecule has 28 heteroatoms. The Morgan fingerprint density at radius 2 is 0.530 bits per heavy atom. The Balaban J connectivity index is 0.000000184. The van der Waals surface area contributed by atoms with Crippen LogP contribution in [0.25, 0.3) is 0 Å². The molecular weight excluding hydrogens is 1680 g/mol. The SMILES string of the molecule is CCOC(=O)C(CCc1ccccc1)N[C@@H](C)C(=O)N1Cc2ccccc2C[C@H]1C(=O)OCc1ccccc1.CCOC(=O)[C@H](CCc1ccccc1)N[C@@H](C)C(=O)N1Cc2ccccc2C[C@H]1C(=O)O.COC(=O)[C@H](CCc1ccccc1)N[C@@H](C)C(=O)N1Cc2ccccc2C[C@H]1C(=O)O.C[C@H](N[C@@H](CCc1ccccc1)C(=O)O)C(=O)N1Cc2ccccc2C[C@H]1C(=O)O. The molecule has 4 aliphatic rings. The molecule has 0 aliphatic carbocycles. The molecule has 13 rings (SSSR count). The van der Waals surface area contributed by atoms with Crippen molar-refractivity contribution < 1.29 is 96.9 Å². The first-order valence-corrected chi connectivity index (χ1v) is 44.8. The lowest BCUT2D eigenvalue weighted by Crippen LogP contribution is -2.56. The Morgan fingerprint density at radius 3 is 0.788 bits per heavy atom. The number of amides is 4. The van der Waals surface area contributed by atoms with Gasteiger partial charge in [-0.3, -0.25) is 59.6 Å². The summed E-state index contributed by atoms with van der Waals surface area (Å²) in [5, 5.41) is 50.9. The van der Waals surface area contributed by atoms with Crippen molar-refractivity contribution in [1.82, 2.24) is 40.9 Å². The van der Waals surface area contributed by atoms with Crippen molar-refractivity contribution in [3.63, 3.8) is 0 Å². The van der Waals surface area contributed by atoms with Crippen molar-refractivity contribution in [2.24, 2.45) is 0 Å². The van der Waals surface area contributed by atoms with Crippen LogP contribution >= 0.6 is 0 Å². The molecule has 696 valence electrons. The maximum atomic E-state index is 13.8. The van der Waals surface area contributed by atoms with Crippen molar-refractivity contribution in [3.05, 3.63) is 321 Å². The van der Waals surface area contributed by atoms with Gasteiger partial charge in [-0.1, -0.05) is 249 Å². The Morgan fingerprint density at radius 1 is 0.303 bits per heavy atom. The Bertz CT molecular complexity index is 5340. The number of carboxylic acid groups (broad SMARTS) is 4. The molecule has 0 saturated carbocycles. The smallest absolute Gasteiger partial charge is 0.329 e. The molecule has 4 heterocycles. The summed E-state index contributed by atoms with van der Waals surface area (Å²) in [5.74, 6) is -7.26. The lowest BCUT2D eigenvalue weighted by molar-refractivity contribution is -0.158. The lowest BCUT2D eigenvalue weighted by atomic mass is 9.93. The average Bonchev–Trinajstić information content (AvgIpc) is 0.790. The first kappa shape index (κ1) is 101. The number of aliphatic carboxylic acids is 4. The van der Waals surface area contributed by atoms with Gasteiger partial charge in [0.2, 0.25) is 23.6 Å². The van der Waals surface area contributed by atoms with Crippen LogP contribution in [0.4, 0.5) is 0 Å². The fourth-order valence-corrected chi connectivity index (χ4v) is 16.7. The number of carboxylic acids is 4. The summed E-state index contributed by atoms with van der Waals surface area (Å²) in [5.41, 5.74) is 12.8. The zero-order valence-corrected chi connectivity index (χ0v) is 75.6. The van der Waals surface area contributed by atoms with Gasteiger partial charge in [-0.15, -0.1) is 0 Å². The van der Waals surface area contributed by atoms with Crippen LogP contribution in [0.3, 0.4) is 0 Å². The number of nitrogens with one attached hydrogen (secondary N) is 4. The summed E-state index contributed by atoms with van der Waals surface area (Å²) >= 11 is 0. The molecule has 0 saturated heterocycles. The zero-order chi connectivity index (χ0) is 94.8. The van der Waals surface area contributed by atoms with Gasteiger partial charge >= 0.3 is 47.8 Å². The van der Waals surface area contributed by atoms with Crippen molar-refractivity contribution in [2.75, 3.05) is 20.3 Å². The number of ether oxygens (including phenoxy) is 4. The lowest BCUT2D eigenvalue weighted by Gasteiger charge is -2.37. The van der Waals surface area contributed by atoms with Gasteiger partial charge in [-0.2, -0.15) is 0 Å². The van der Waals surface area contributed by atoms with Crippen LogP contribution < -0.4 is 21.3 Å². The summed E-state index contributed by atoms with van der Waals surface area (Å²) in [6, 6.07) is 69.2. The first-order valence-electron chi connectivity index (χ1n) is 44.8. The third kappa shape index (κ3) is 29.0. The van der Waals surface area contributed by atoms with E-state index in [1.54, 1.807) is 46.4 Å². The molecule has 28 nitrogen and oxygen atoms in total. The first-order chi connectivity index (χ1) is 63.6. The molecule has 4 aliphatic heterocycles. The minimum atomic E-state index is -1.07. The van der Waals surface area contributed by atoms with Crippen LogP contribution in [0.1, 0.15) is 140 Å². The van der Waals surface area contributed by atoms with E-state index in [0.29, 0.717) is 64.3 Å². The molecule has 1 unspecified atom stereocenters. The predicted molar refractivity (Wildman–Crippen MR) is 495 cm³/mol. The maximum Gasteiger partial charge on any atom is 0.329 e. The molecule has 0 bridgehead atoms. The maximum absolute atomic E-state index is 13.8. The van der Waals surface area contributed by atoms with Crippen molar-refractivity contribution >= 4 is 71.4 Å². The number of hydrogen-bond donors (Lipinski definition) is 8. The standard InChI is InChI=1S/C32H36N2O5.C25H30N2O5.C24H28N2O5.C23H26N2O5/c1-3-38-31(36)28(19-18-24-12-6-4-7-13-24)33-23(2)30(35)34-21-27-17-11-10-16-26(27)20-29(34)32(37)39-22-25-14-8-5-9-15-25;1-3-32-25(31)21(14-13-18-9-5-4-6-10-18)26-17(2)23(28)27-16-20-12-8-7-11-19(20)15-22(27)24(29)30;1-16(25-20(24(30)31-2)13-12-17-8-4-3-5-9-17)22(27)26-15-19-11-7-6-10-18(19)14-21(26)23(28)29;1-15(24-19(22(27)28)12-11-16-7-3-2-4-8-16)21(26)25-14-18-10-6-5-9-17(18)13-20(25)23(29)30/h4-17,23,28-29,33H,3,18-22H2,1-2H3;4-12,17,21-22,26H,3,13-16H2,1-2H3,(H,29,30);3-11,16,20-21,25H,12-15H2,1-2H3,(H,28,29);2-10,15,19-20,24H,11-14H2,1H3,(H,27,28)(H,29,30)/t23-,28?,29-;17-,21-,22-;16-,20-,21-;15-,19-,20-/m0000/s1. The number of hydrogen-bond acceptors (Lipinski definition) is 20. The summed E-state index contributed by atoms with van der Waals surface area (Å²) in [4.78, 5) is 157. The molecule has 8 N–H and O–H groups in total. The molecule has 132 heavy (non-hydrogen) atoms. The number of carbonyl (C=O) groups excluding carboxylic acids is 8. The molecule has 9 aromatic carbocycles. The monoisotopic (exact) mass is 1800 g/mol. The molecule has 0 radical (unpaired) electrons. The minimum absolute atomic E-state index is 0.137. The number of esters is 4. The molecule has 12 atom stereocenters. The summed E-state index contributed by atoms with van der Waals surface area (Å²) in [6.07, 6.45) is 5.36. The van der Waals surface area contributed by atoms with E-state index in [9.17, 15) is 78.0 Å². The summed E-state index contributed by atoms with van der Waals surface area (Å²) in [6.45, 7) is 11.7. The van der Waals surface area contributed by atoms with Gasteiger partial charge in [0.1, 0.15) is 54.9 Å². The van der Waals surface area contributed by atoms with Crippen LogP contribution in [0, 0.1) is 0 Å². The van der Waals surface area contributed by atoms with E-state index in [2.05, 4.69) is 21.3 Å². The normalized spacial score (nSPS) is 17.0. The van der Waals surface area contributed by atoms with E-state index >= 15 is 0 Å². The van der Waals surface area contributed by atoms with E-state index in [0.717, 1.165) is 72.3 Å². The third-order valence-corrected chi connectivity index (χ3v) is 23.9. The Hall–Kier alpha value is -13.5. The van der Waals surface area contributed by atoms with Gasteiger partial charge in [0.25, 0.3) is 0 Å². The Kier molecular flexibility index (Phi) is 38.6. The number of methoxy groups -OCH3 is 1. The molecular formula is C104H120N8O20. The highest BCUT2D eigenvalue weighted by atomic mass is 16.5. The van der Waals surface area contributed by atoms with Crippen molar-refractivity contribution in [1.29, 1.82) is 0 Å². The summed E-state index contributed by atoms with van der Waals surface area (Å²) < 4.78 is 21.1. The number of fused-ring (bicyclic) bond motifs is 4. The van der Waals surface area contributed by atoms with Gasteiger partial charge in [0, 0.05) is 51.9 Å². The topological polar surface area (TPSA) is 384 Å². The molecule has 0 spiro atoms. The fraction of sp³-hybridized carbons (Fsp3) is 0.365. The van der Waals surface area contributed by atoms with E-state index in [1.807, 2.05) is 249 Å². The highest BCUT2D eigenvalue weighted by molar-refractivity contribution is 5.92. The van der Waals surface area contributed by atoms with Crippen LogP contribution in [0.5, 0.6) is 0 Å². The number of aryl methyl sites for hydroxylation is 4. The fourth-order valence-electron chi connectivity index (χ4n) is 16.7. The second-order valence-corrected chi connectivity index (χ2v) is 33.2. The van der Waals surface area contributed by atoms with E-state index in [1.165, 1.54) is 21.8 Å². The zero-order valence-electron chi connectivity index (χ0n) is 75.6. The van der Waals surface area contributed by atoms with E-state index in [-0.39, 0.29) is 76.4 Å². The van der Waals surface area contributed by atoms with Crippen LogP contribution in [-0.2, 0) is 161 Å². The largest absolute Gasteiger partial charge is 0.480 e. The van der Waals surface area contributed by atoms with Gasteiger partial charge in [-0.05, 0) is 165 Å². The minimum Gasteiger partial charge on any atom is -0.480 e. The number of nitrogens with zero attached hydrogens (tertiary/aromatic N) is 4. The molecule has 0 aromatic heterocycles. The van der Waals surface area contributed by atoms with E-state index < -0.39 is 126 Å². The predicted octanol–water partition coefficient (Wildman–Crippen LogP) is 11.1. The van der Waals surface area contributed by atoms with Crippen molar-refractivity contribution in [2.45, 2.75) is 224 Å². The van der Waals surface area contributed by atoms with Crippen LogP contribution in [0.15, 0.2) is 249 Å². The number of rotatable bonds is 36. The second kappa shape index (κ2) is 50.6. The van der Waals surface area contributed by atoms with Gasteiger partial charge in [-0.25, -0.2) is 19.2 Å². The third-order valence-electron chi connectivity index (χ3n) is 23.9. The summed E-state index contributed by atoms with van der Waals surface area (Å²) in [7, 11) is 1.31. The Labute approximate surface area is 770 Å². The number of benzene rings is 9. The van der Waals surface area contributed by atoms with Crippen molar-refractivity contribution in [3.8, 4) is 0 Å². The van der Waals surface area contributed by atoms with Gasteiger partial charge < -0.3 is 59.0 Å². The van der Waals surface area contributed by atoms with Crippen LogP contribution in [0.2, 0.25) is 0 Å². The highest BCUT2D eigenvalue weighted by Crippen LogP contribution is 2.31. The molecule has 4 amide bonds. The second-order valence-electron chi connectivity index (χ2n) is 33.2. The quantitative estimate of drug-likeness (QED) is 0.0134. The van der Waals surface area contributed by atoms with Gasteiger partial charge in [0.15, 0.2) is 0 Å². The van der Waals surface area contributed by atoms with Crippen LogP contribution in [-0.4, -0.2) is 204 Å². The van der Waals surface area contributed by atoms with Gasteiger partial charge in [0.05, 0.1) is 44.5 Å². The van der Waals surface area contributed by atoms with E-state index in [4.69, 9.17) is 18.9 Å². The molecule has 9 aromatic rings. The molecule has 0 fully saturated rings. The number of carbonyl (C=O) groups is 12. The average molecular weight is 1800 g/mol. The highest BCUT2D eigenvalue weighted by Gasteiger charge is 2.43.